The molecule has 0 aromatic heterocycles. The van der Waals surface area contributed by atoms with Gasteiger partial charge in [0.25, 0.3) is 0 Å². The summed E-state index contributed by atoms with van der Waals surface area (Å²) < 4.78 is 0. The van der Waals surface area contributed by atoms with Crippen LogP contribution in [0.1, 0.15) is 52.4 Å². The molecule has 1 fully saturated rings. The number of likely N-dealkylation sites (tertiary alicyclic amines) is 1. The largest absolute Gasteiger partial charge is 0.353 e. The minimum atomic E-state index is 0.112. The molecule has 2 amide bonds. The van der Waals surface area contributed by atoms with Crippen molar-refractivity contribution in [2.45, 2.75) is 58.4 Å². The van der Waals surface area contributed by atoms with Crippen LogP contribution in [0.2, 0.25) is 0 Å². The Morgan fingerprint density at radius 3 is 2.41 bits per heavy atom. The van der Waals surface area contributed by atoms with Crippen molar-refractivity contribution < 1.29 is 9.59 Å². The van der Waals surface area contributed by atoms with E-state index < -0.39 is 0 Å². The van der Waals surface area contributed by atoms with Gasteiger partial charge in [-0.15, -0.1) is 0 Å². The lowest BCUT2D eigenvalue weighted by atomic mass is 10.0. The Balaban J connectivity index is 2.25. The maximum Gasteiger partial charge on any atom is 0.222 e. The molecular formula is C13H24N2O2. The lowest BCUT2D eigenvalue weighted by Crippen LogP contribution is -2.46. The van der Waals surface area contributed by atoms with Crippen LogP contribution in [0.4, 0.5) is 0 Å². The van der Waals surface area contributed by atoms with Gasteiger partial charge in [-0.05, 0) is 19.3 Å². The molecule has 1 saturated heterocycles. The van der Waals surface area contributed by atoms with Gasteiger partial charge in [-0.1, -0.05) is 20.3 Å². The fourth-order valence-corrected chi connectivity index (χ4v) is 2.09. The Bertz CT molecular complexity index is 258. The smallest absolute Gasteiger partial charge is 0.222 e. The molecule has 0 spiro atoms. The first kappa shape index (κ1) is 14.0. The van der Waals surface area contributed by atoms with E-state index in [0.717, 1.165) is 38.8 Å². The second-order valence-electron chi connectivity index (χ2n) is 4.68. The van der Waals surface area contributed by atoms with Crippen LogP contribution in [0.3, 0.4) is 0 Å². The molecule has 1 aliphatic heterocycles. The van der Waals surface area contributed by atoms with Crippen molar-refractivity contribution in [3.8, 4) is 0 Å². The van der Waals surface area contributed by atoms with E-state index in [2.05, 4.69) is 12.2 Å². The molecular weight excluding hydrogens is 216 g/mol. The average Bonchev–Trinajstić information content (AvgIpc) is 2.36. The van der Waals surface area contributed by atoms with E-state index in [9.17, 15) is 9.59 Å². The molecule has 0 atom stereocenters. The minimum Gasteiger partial charge on any atom is -0.353 e. The number of piperidine rings is 1. The summed E-state index contributed by atoms with van der Waals surface area (Å²) in [6.45, 7) is 5.53. The molecule has 4 nitrogen and oxygen atoms in total. The number of amides is 2. The molecule has 0 saturated carbocycles. The second-order valence-corrected chi connectivity index (χ2v) is 4.68. The van der Waals surface area contributed by atoms with Gasteiger partial charge in [-0.25, -0.2) is 0 Å². The maximum absolute atomic E-state index is 11.8. The highest BCUT2D eigenvalue weighted by molar-refractivity contribution is 5.77. The van der Waals surface area contributed by atoms with Crippen molar-refractivity contribution in [2.75, 3.05) is 13.1 Å². The van der Waals surface area contributed by atoms with Crippen LogP contribution in [0.25, 0.3) is 0 Å². The summed E-state index contributed by atoms with van der Waals surface area (Å²) in [5, 5.41) is 2.99. The van der Waals surface area contributed by atoms with Crippen LogP contribution < -0.4 is 5.32 Å². The van der Waals surface area contributed by atoms with E-state index >= 15 is 0 Å². The number of carbonyl (C=O) groups is 2. The van der Waals surface area contributed by atoms with Crippen LogP contribution in [0, 0.1) is 0 Å². The molecule has 0 bridgehead atoms. The highest BCUT2D eigenvalue weighted by atomic mass is 16.2. The maximum atomic E-state index is 11.8. The van der Waals surface area contributed by atoms with Crippen molar-refractivity contribution in [3.63, 3.8) is 0 Å². The molecule has 0 radical (unpaired) electrons. The number of nitrogens with zero attached hydrogens (tertiary/aromatic N) is 1. The Morgan fingerprint density at radius 1 is 1.24 bits per heavy atom. The summed E-state index contributed by atoms with van der Waals surface area (Å²) in [6, 6.07) is 0.262. The zero-order valence-electron chi connectivity index (χ0n) is 11.0. The fourth-order valence-electron chi connectivity index (χ4n) is 2.09. The van der Waals surface area contributed by atoms with Gasteiger partial charge in [0, 0.05) is 32.0 Å². The van der Waals surface area contributed by atoms with Crippen LogP contribution >= 0.6 is 0 Å². The first-order valence-electron chi connectivity index (χ1n) is 6.74. The summed E-state index contributed by atoms with van der Waals surface area (Å²) in [5.41, 5.74) is 0. The number of hydrogen-bond acceptors (Lipinski definition) is 2. The van der Waals surface area contributed by atoms with Crippen molar-refractivity contribution >= 4 is 11.8 Å². The highest BCUT2D eigenvalue weighted by Crippen LogP contribution is 2.12. The number of hydrogen-bond donors (Lipinski definition) is 1. The van der Waals surface area contributed by atoms with E-state index in [1.165, 1.54) is 0 Å². The van der Waals surface area contributed by atoms with Gasteiger partial charge in [0.1, 0.15) is 0 Å². The minimum absolute atomic E-state index is 0.112. The van der Waals surface area contributed by atoms with Crippen molar-refractivity contribution in [1.29, 1.82) is 0 Å². The molecule has 17 heavy (non-hydrogen) atoms. The van der Waals surface area contributed by atoms with Gasteiger partial charge in [0.15, 0.2) is 0 Å². The molecule has 1 heterocycles. The predicted molar refractivity (Wildman–Crippen MR) is 67.6 cm³/mol. The summed E-state index contributed by atoms with van der Waals surface area (Å²) >= 11 is 0. The molecule has 4 heteroatoms. The van der Waals surface area contributed by atoms with Gasteiger partial charge in [-0.2, -0.15) is 0 Å². The monoisotopic (exact) mass is 240 g/mol. The molecule has 0 aromatic carbocycles. The van der Waals surface area contributed by atoms with Crippen LogP contribution in [-0.2, 0) is 9.59 Å². The summed E-state index contributed by atoms with van der Waals surface area (Å²) in [4.78, 5) is 25.0. The fraction of sp³-hybridized carbons (Fsp3) is 0.846. The van der Waals surface area contributed by atoms with Crippen LogP contribution in [-0.4, -0.2) is 35.8 Å². The highest BCUT2D eigenvalue weighted by Gasteiger charge is 2.22. The summed E-state index contributed by atoms with van der Waals surface area (Å²) in [5.74, 6) is 0.382. The van der Waals surface area contributed by atoms with Gasteiger partial charge in [-0.3, -0.25) is 9.59 Å². The summed E-state index contributed by atoms with van der Waals surface area (Å²) in [7, 11) is 0. The normalized spacial score (nSPS) is 16.9. The molecule has 0 aliphatic carbocycles. The lowest BCUT2D eigenvalue weighted by Gasteiger charge is -2.32. The first-order valence-corrected chi connectivity index (χ1v) is 6.74. The van der Waals surface area contributed by atoms with Gasteiger partial charge in [0.05, 0.1) is 0 Å². The second kappa shape index (κ2) is 7.30. The molecule has 98 valence electrons. The van der Waals surface area contributed by atoms with E-state index in [4.69, 9.17) is 0 Å². The predicted octanol–water partition coefficient (Wildman–Crippen LogP) is 1.69. The van der Waals surface area contributed by atoms with Gasteiger partial charge < -0.3 is 10.2 Å². The first-order chi connectivity index (χ1) is 8.17. The average molecular weight is 240 g/mol. The zero-order chi connectivity index (χ0) is 12.7. The lowest BCUT2D eigenvalue weighted by molar-refractivity contribution is -0.132. The molecule has 1 N–H and O–H groups in total. The summed E-state index contributed by atoms with van der Waals surface area (Å²) in [6.07, 6.45) is 5.03. The Morgan fingerprint density at radius 2 is 1.88 bits per heavy atom. The Labute approximate surface area is 104 Å². The SMILES string of the molecule is CCCCC(=O)N1CCC(NC(=O)CC)CC1. The molecule has 0 unspecified atom stereocenters. The van der Waals surface area contributed by atoms with Crippen molar-refractivity contribution in [1.82, 2.24) is 10.2 Å². The number of rotatable bonds is 5. The van der Waals surface area contributed by atoms with E-state index in [-0.39, 0.29) is 17.9 Å². The van der Waals surface area contributed by atoms with Crippen molar-refractivity contribution in [3.05, 3.63) is 0 Å². The van der Waals surface area contributed by atoms with E-state index in [0.29, 0.717) is 12.8 Å². The Hall–Kier alpha value is -1.06. The zero-order valence-corrected chi connectivity index (χ0v) is 11.0. The van der Waals surface area contributed by atoms with E-state index in [1.807, 2.05) is 11.8 Å². The Kier molecular flexibility index (Phi) is 6.01. The van der Waals surface area contributed by atoms with Crippen LogP contribution in [0.5, 0.6) is 0 Å². The third-order valence-electron chi connectivity index (χ3n) is 3.28. The van der Waals surface area contributed by atoms with E-state index in [1.54, 1.807) is 0 Å². The molecule has 1 rings (SSSR count). The standard InChI is InChI=1S/C13H24N2O2/c1-3-5-6-13(17)15-9-7-11(8-10-15)14-12(16)4-2/h11H,3-10H2,1-2H3,(H,14,16). The third kappa shape index (κ3) is 4.75. The molecule has 0 aromatic rings. The van der Waals surface area contributed by atoms with Crippen LogP contribution in [0.15, 0.2) is 0 Å². The quantitative estimate of drug-likeness (QED) is 0.795. The third-order valence-corrected chi connectivity index (χ3v) is 3.28. The number of nitrogens with one attached hydrogen (secondary N) is 1. The number of unbranched alkanes of at least 4 members (excludes halogenated alkanes) is 1. The molecule has 1 aliphatic rings. The van der Waals surface area contributed by atoms with Gasteiger partial charge in [0.2, 0.25) is 11.8 Å². The topological polar surface area (TPSA) is 49.4 Å². The van der Waals surface area contributed by atoms with Crippen molar-refractivity contribution in [2.24, 2.45) is 0 Å². The van der Waals surface area contributed by atoms with Gasteiger partial charge >= 0.3 is 0 Å². The number of carbonyl (C=O) groups excluding carboxylic acids is 2.